The van der Waals surface area contributed by atoms with Gasteiger partial charge in [-0.3, -0.25) is 9.20 Å². The number of pyridine rings is 1. The third kappa shape index (κ3) is 1.82. The van der Waals surface area contributed by atoms with Crippen molar-refractivity contribution in [1.82, 2.24) is 9.38 Å². The van der Waals surface area contributed by atoms with Crippen molar-refractivity contribution in [1.29, 1.82) is 0 Å². The molecule has 0 spiro atoms. The second kappa shape index (κ2) is 3.70. The summed E-state index contributed by atoms with van der Waals surface area (Å²) in [5.74, 6) is 0.0398. The third-order valence-electron chi connectivity index (χ3n) is 2.10. The molecule has 2 aromatic rings. The smallest absolute Gasteiger partial charge is 0.258 e. The number of hydrogen-bond donors (Lipinski definition) is 2. The summed E-state index contributed by atoms with van der Waals surface area (Å²) in [5, 5.41) is 9.22. The van der Waals surface area contributed by atoms with E-state index in [2.05, 4.69) is 4.98 Å². The molecular formula is C10H11N3O2. The van der Waals surface area contributed by atoms with Crippen molar-refractivity contribution in [2.45, 2.75) is 6.42 Å². The number of nitrogens with two attached hydrogens (primary N) is 1. The molecule has 15 heavy (non-hydrogen) atoms. The maximum Gasteiger partial charge on any atom is 0.258 e. The summed E-state index contributed by atoms with van der Waals surface area (Å²) in [5.41, 5.74) is 6.37. The predicted octanol–water partition coefficient (Wildman–Crippen LogP) is -0.0987. The zero-order valence-electron chi connectivity index (χ0n) is 8.05. The third-order valence-corrected chi connectivity index (χ3v) is 2.10. The fraction of sp³-hybridized carbons (Fsp3) is 0.200. The Morgan fingerprint density at radius 1 is 1.47 bits per heavy atom. The maximum atomic E-state index is 11.6. The second-order valence-corrected chi connectivity index (χ2v) is 3.24. The topological polar surface area (TPSA) is 80.6 Å². The average molecular weight is 205 g/mol. The number of aromatic hydroxyl groups is 1. The van der Waals surface area contributed by atoms with E-state index in [0.717, 1.165) is 0 Å². The standard InChI is InChI=1S/C10H11N3O2/c11-4-3-7-5-10(15)13-6-8(14)1-2-9(13)12-7/h1-2,5-6,14H,3-4,11H2. The van der Waals surface area contributed by atoms with Crippen LogP contribution in [-0.2, 0) is 6.42 Å². The first-order valence-electron chi connectivity index (χ1n) is 4.62. The van der Waals surface area contributed by atoms with E-state index >= 15 is 0 Å². The molecule has 0 aliphatic heterocycles. The Bertz CT molecular complexity index is 548. The van der Waals surface area contributed by atoms with Gasteiger partial charge in [-0.15, -0.1) is 0 Å². The minimum absolute atomic E-state index is 0.0398. The molecule has 78 valence electrons. The zero-order valence-corrected chi connectivity index (χ0v) is 8.05. The maximum absolute atomic E-state index is 11.6. The molecule has 0 bridgehead atoms. The highest BCUT2D eigenvalue weighted by molar-refractivity contribution is 5.41. The Kier molecular flexibility index (Phi) is 2.39. The van der Waals surface area contributed by atoms with Gasteiger partial charge in [-0.2, -0.15) is 0 Å². The number of nitrogens with zero attached hydrogens (tertiary/aromatic N) is 2. The van der Waals surface area contributed by atoms with E-state index in [1.807, 2.05) is 0 Å². The molecule has 2 heterocycles. The summed E-state index contributed by atoms with van der Waals surface area (Å²) >= 11 is 0. The molecule has 0 radical (unpaired) electrons. The van der Waals surface area contributed by atoms with Crippen LogP contribution in [0.5, 0.6) is 5.75 Å². The Balaban J connectivity index is 2.67. The molecule has 0 unspecified atom stereocenters. The molecule has 0 aliphatic carbocycles. The molecule has 0 aromatic carbocycles. The highest BCUT2D eigenvalue weighted by atomic mass is 16.3. The Hall–Kier alpha value is -1.88. The van der Waals surface area contributed by atoms with Gasteiger partial charge < -0.3 is 10.8 Å². The molecule has 0 saturated heterocycles. The van der Waals surface area contributed by atoms with Crippen LogP contribution in [0.15, 0.2) is 29.2 Å². The number of aromatic nitrogens is 2. The summed E-state index contributed by atoms with van der Waals surface area (Å²) in [6.45, 7) is 0.459. The summed E-state index contributed by atoms with van der Waals surface area (Å²) in [7, 11) is 0. The van der Waals surface area contributed by atoms with Crippen molar-refractivity contribution >= 4 is 5.65 Å². The number of fused-ring (bicyclic) bond motifs is 1. The predicted molar refractivity (Wildman–Crippen MR) is 55.9 cm³/mol. The Morgan fingerprint density at radius 3 is 3.00 bits per heavy atom. The highest BCUT2D eigenvalue weighted by Gasteiger charge is 2.01. The van der Waals surface area contributed by atoms with Gasteiger partial charge in [0, 0.05) is 18.2 Å². The minimum Gasteiger partial charge on any atom is -0.506 e. The lowest BCUT2D eigenvalue weighted by Crippen LogP contribution is -2.16. The molecule has 0 fully saturated rings. The molecule has 3 N–H and O–H groups in total. The molecule has 2 rings (SSSR count). The second-order valence-electron chi connectivity index (χ2n) is 3.24. The van der Waals surface area contributed by atoms with Crippen LogP contribution in [0.4, 0.5) is 0 Å². The molecule has 5 nitrogen and oxygen atoms in total. The van der Waals surface area contributed by atoms with Crippen molar-refractivity contribution in [3.8, 4) is 5.75 Å². The molecule has 0 saturated carbocycles. The SMILES string of the molecule is NCCc1cc(=O)n2cc(O)ccc2n1. The van der Waals surface area contributed by atoms with Crippen LogP contribution in [0.25, 0.3) is 5.65 Å². The van der Waals surface area contributed by atoms with Crippen LogP contribution >= 0.6 is 0 Å². The first-order chi connectivity index (χ1) is 7.20. The normalized spacial score (nSPS) is 10.7. The monoisotopic (exact) mass is 205 g/mol. The van der Waals surface area contributed by atoms with Crippen molar-refractivity contribution in [3.63, 3.8) is 0 Å². The quantitative estimate of drug-likeness (QED) is 0.717. The van der Waals surface area contributed by atoms with E-state index in [-0.39, 0.29) is 11.3 Å². The summed E-state index contributed by atoms with van der Waals surface area (Å²) in [4.78, 5) is 15.8. The van der Waals surface area contributed by atoms with E-state index in [0.29, 0.717) is 24.3 Å². The molecule has 2 aromatic heterocycles. The van der Waals surface area contributed by atoms with Crippen molar-refractivity contribution in [3.05, 3.63) is 40.4 Å². The van der Waals surface area contributed by atoms with Gasteiger partial charge in [0.25, 0.3) is 5.56 Å². The van der Waals surface area contributed by atoms with Crippen molar-refractivity contribution in [2.24, 2.45) is 5.73 Å². The van der Waals surface area contributed by atoms with Gasteiger partial charge in [0.15, 0.2) is 0 Å². The van der Waals surface area contributed by atoms with Gasteiger partial charge >= 0.3 is 0 Å². The van der Waals surface area contributed by atoms with E-state index in [1.54, 1.807) is 6.07 Å². The summed E-state index contributed by atoms with van der Waals surface area (Å²) in [6.07, 6.45) is 1.92. The first kappa shape index (κ1) is 9.67. The van der Waals surface area contributed by atoms with Crippen LogP contribution in [-0.4, -0.2) is 21.0 Å². The van der Waals surface area contributed by atoms with Crippen LogP contribution in [0.2, 0.25) is 0 Å². The summed E-state index contributed by atoms with van der Waals surface area (Å²) in [6, 6.07) is 4.52. The fourth-order valence-corrected chi connectivity index (χ4v) is 1.42. The van der Waals surface area contributed by atoms with E-state index in [9.17, 15) is 9.90 Å². The van der Waals surface area contributed by atoms with Gasteiger partial charge in [-0.05, 0) is 18.7 Å². The molecule has 5 heteroatoms. The van der Waals surface area contributed by atoms with Crippen LogP contribution in [0.3, 0.4) is 0 Å². The van der Waals surface area contributed by atoms with Gasteiger partial charge in [0.1, 0.15) is 11.4 Å². The minimum atomic E-state index is -0.209. The molecule has 0 aliphatic rings. The number of rotatable bonds is 2. The van der Waals surface area contributed by atoms with Gasteiger partial charge in [-0.1, -0.05) is 0 Å². The number of hydrogen-bond acceptors (Lipinski definition) is 4. The first-order valence-corrected chi connectivity index (χ1v) is 4.62. The Morgan fingerprint density at radius 2 is 2.27 bits per heavy atom. The zero-order chi connectivity index (χ0) is 10.8. The van der Waals surface area contributed by atoms with E-state index in [1.165, 1.54) is 22.7 Å². The lowest BCUT2D eigenvalue weighted by Gasteiger charge is -2.03. The van der Waals surface area contributed by atoms with Gasteiger partial charge in [0.2, 0.25) is 0 Å². The van der Waals surface area contributed by atoms with Crippen molar-refractivity contribution in [2.75, 3.05) is 6.54 Å². The largest absolute Gasteiger partial charge is 0.506 e. The van der Waals surface area contributed by atoms with Crippen LogP contribution < -0.4 is 11.3 Å². The molecule has 0 amide bonds. The average Bonchev–Trinajstić information content (AvgIpc) is 2.20. The molecule has 0 atom stereocenters. The van der Waals surface area contributed by atoms with Crippen LogP contribution in [0.1, 0.15) is 5.69 Å². The van der Waals surface area contributed by atoms with Gasteiger partial charge in [-0.25, -0.2) is 4.98 Å². The van der Waals surface area contributed by atoms with Crippen LogP contribution in [0, 0.1) is 0 Å². The van der Waals surface area contributed by atoms with E-state index < -0.39 is 0 Å². The highest BCUT2D eigenvalue weighted by Crippen LogP contribution is 2.08. The lowest BCUT2D eigenvalue weighted by atomic mass is 10.3. The Labute approximate surface area is 85.8 Å². The summed E-state index contributed by atoms with van der Waals surface area (Å²) < 4.78 is 1.30. The van der Waals surface area contributed by atoms with Crippen molar-refractivity contribution < 1.29 is 5.11 Å². The molecular weight excluding hydrogens is 194 g/mol. The van der Waals surface area contributed by atoms with Gasteiger partial charge in [0.05, 0.1) is 6.20 Å². The van der Waals surface area contributed by atoms with E-state index in [4.69, 9.17) is 5.73 Å². The lowest BCUT2D eigenvalue weighted by molar-refractivity contribution is 0.471. The fourth-order valence-electron chi connectivity index (χ4n) is 1.42.